The van der Waals surface area contributed by atoms with Gasteiger partial charge in [-0.15, -0.1) is 0 Å². The summed E-state index contributed by atoms with van der Waals surface area (Å²) in [6.45, 7) is 5.23. The van der Waals surface area contributed by atoms with Crippen LogP contribution in [-0.2, 0) is 4.79 Å². The maximum Gasteiger partial charge on any atom is 0.233 e. The molecule has 1 amide bonds. The van der Waals surface area contributed by atoms with Crippen molar-refractivity contribution < 1.29 is 9.90 Å². The number of hydrogen-bond donors (Lipinski definition) is 3. The van der Waals surface area contributed by atoms with E-state index in [2.05, 4.69) is 17.6 Å². The Bertz CT molecular complexity index is 223. The number of rotatable bonds is 5. The SMILES string of the molecule is CCNC(=O)CNC1(CO)CCC(C)CC1. The maximum atomic E-state index is 11.4. The van der Waals surface area contributed by atoms with Crippen molar-refractivity contribution in [3.8, 4) is 0 Å². The first-order chi connectivity index (χ1) is 7.62. The minimum Gasteiger partial charge on any atom is -0.394 e. The Morgan fingerprint density at radius 3 is 2.56 bits per heavy atom. The molecular formula is C12H24N2O2. The molecule has 1 rings (SSSR count). The molecule has 4 heteroatoms. The summed E-state index contributed by atoms with van der Waals surface area (Å²) in [5.74, 6) is 0.750. The van der Waals surface area contributed by atoms with Gasteiger partial charge in [-0.1, -0.05) is 6.92 Å². The fourth-order valence-electron chi connectivity index (χ4n) is 2.23. The fourth-order valence-corrected chi connectivity index (χ4v) is 2.23. The summed E-state index contributed by atoms with van der Waals surface area (Å²) in [4.78, 5) is 11.4. The van der Waals surface area contributed by atoms with Crippen molar-refractivity contribution in [1.82, 2.24) is 10.6 Å². The molecule has 0 bridgehead atoms. The number of hydrogen-bond acceptors (Lipinski definition) is 3. The first kappa shape index (κ1) is 13.5. The lowest BCUT2D eigenvalue weighted by Gasteiger charge is -2.38. The summed E-state index contributed by atoms with van der Waals surface area (Å²) in [6, 6.07) is 0. The third-order valence-corrected chi connectivity index (χ3v) is 3.53. The number of carbonyl (C=O) groups excluding carboxylic acids is 1. The normalized spacial score (nSPS) is 30.1. The molecule has 0 saturated heterocycles. The number of amides is 1. The van der Waals surface area contributed by atoms with Crippen molar-refractivity contribution in [2.24, 2.45) is 5.92 Å². The molecule has 0 spiro atoms. The van der Waals surface area contributed by atoms with E-state index in [1.807, 2.05) is 6.92 Å². The van der Waals surface area contributed by atoms with Crippen LogP contribution in [0.4, 0.5) is 0 Å². The predicted octanol–water partition coefficient (Wildman–Crippen LogP) is 0.653. The van der Waals surface area contributed by atoms with Gasteiger partial charge in [-0.3, -0.25) is 4.79 Å². The molecule has 1 aliphatic carbocycles. The number of carbonyl (C=O) groups is 1. The molecule has 0 aliphatic heterocycles. The van der Waals surface area contributed by atoms with Gasteiger partial charge >= 0.3 is 0 Å². The minimum absolute atomic E-state index is 0.00828. The number of likely N-dealkylation sites (N-methyl/N-ethyl adjacent to an activating group) is 1. The van der Waals surface area contributed by atoms with Crippen LogP contribution in [0.2, 0.25) is 0 Å². The maximum absolute atomic E-state index is 11.4. The van der Waals surface area contributed by atoms with E-state index < -0.39 is 0 Å². The summed E-state index contributed by atoms with van der Waals surface area (Å²) in [7, 11) is 0. The Morgan fingerprint density at radius 1 is 1.44 bits per heavy atom. The summed E-state index contributed by atoms with van der Waals surface area (Å²) < 4.78 is 0. The van der Waals surface area contributed by atoms with Crippen molar-refractivity contribution in [2.45, 2.75) is 45.1 Å². The second kappa shape index (κ2) is 6.21. The molecule has 16 heavy (non-hydrogen) atoms. The third-order valence-electron chi connectivity index (χ3n) is 3.53. The van der Waals surface area contributed by atoms with Gasteiger partial charge < -0.3 is 15.7 Å². The molecule has 3 N–H and O–H groups in total. The summed E-state index contributed by atoms with van der Waals surface area (Å²) in [5.41, 5.74) is -0.225. The van der Waals surface area contributed by atoms with Crippen molar-refractivity contribution >= 4 is 5.91 Å². The molecular weight excluding hydrogens is 204 g/mol. The van der Waals surface area contributed by atoms with Crippen LogP contribution in [0.1, 0.15) is 39.5 Å². The molecule has 0 aromatic carbocycles. The summed E-state index contributed by atoms with van der Waals surface area (Å²) in [6.07, 6.45) is 4.18. The Labute approximate surface area is 97.8 Å². The lowest BCUT2D eigenvalue weighted by molar-refractivity contribution is -0.120. The standard InChI is InChI=1S/C12H24N2O2/c1-3-13-11(16)8-14-12(9-15)6-4-10(2)5-7-12/h10,14-15H,3-9H2,1-2H3,(H,13,16). The lowest BCUT2D eigenvalue weighted by atomic mass is 9.77. The highest BCUT2D eigenvalue weighted by Crippen LogP contribution is 2.31. The van der Waals surface area contributed by atoms with E-state index in [0.29, 0.717) is 13.1 Å². The van der Waals surface area contributed by atoms with Crippen LogP contribution in [0.15, 0.2) is 0 Å². The zero-order valence-corrected chi connectivity index (χ0v) is 10.4. The van der Waals surface area contributed by atoms with E-state index in [1.165, 1.54) is 0 Å². The number of nitrogens with one attached hydrogen (secondary N) is 2. The average Bonchev–Trinajstić information content (AvgIpc) is 2.30. The molecule has 1 fully saturated rings. The average molecular weight is 228 g/mol. The van der Waals surface area contributed by atoms with Gasteiger partial charge in [0.15, 0.2) is 0 Å². The van der Waals surface area contributed by atoms with Crippen LogP contribution < -0.4 is 10.6 Å². The molecule has 0 radical (unpaired) electrons. The highest BCUT2D eigenvalue weighted by molar-refractivity contribution is 5.78. The van der Waals surface area contributed by atoms with Crippen LogP contribution in [0.25, 0.3) is 0 Å². The van der Waals surface area contributed by atoms with Gasteiger partial charge in [-0.2, -0.15) is 0 Å². The first-order valence-corrected chi connectivity index (χ1v) is 6.24. The van der Waals surface area contributed by atoms with Crippen LogP contribution in [0.5, 0.6) is 0 Å². The second-order valence-corrected chi connectivity index (χ2v) is 4.93. The summed E-state index contributed by atoms with van der Waals surface area (Å²) in [5, 5.41) is 15.5. The molecule has 0 heterocycles. The number of aliphatic hydroxyl groups excluding tert-OH is 1. The molecule has 94 valence electrons. The topological polar surface area (TPSA) is 61.4 Å². The van der Waals surface area contributed by atoms with Crippen molar-refractivity contribution in [3.63, 3.8) is 0 Å². The Hall–Kier alpha value is -0.610. The first-order valence-electron chi connectivity index (χ1n) is 6.24. The molecule has 1 aliphatic rings. The third kappa shape index (κ3) is 3.76. The highest BCUT2D eigenvalue weighted by Gasteiger charge is 2.33. The van der Waals surface area contributed by atoms with E-state index in [1.54, 1.807) is 0 Å². The van der Waals surface area contributed by atoms with E-state index in [0.717, 1.165) is 31.6 Å². The van der Waals surface area contributed by atoms with Crippen LogP contribution in [-0.4, -0.2) is 36.2 Å². The lowest BCUT2D eigenvalue weighted by Crippen LogP contribution is -2.53. The summed E-state index contributed by atoms with van der Waals surface area (Å²) >= 11 is 0. The quantitative estimate of drug-likeness (QED) is 0.647. The molecule has 0 atom stereocenters. The molecule has 0 unspecified atom stereocenters. The Kier molecular flexibility index (Phi) is 5.22. The smallest absolute Gasteiger partial charge is 0.233 e. The monoisotopic (exact) mass is 228 g/mol. The molecule has 0 aromatic rings. The molecule has 0 aromatic heterocycles. The van der Waals surface area contributed by atoms with E-state index in [4.69, 9.17) is 0 Å². The Balaban J connectivity index is 2.39. The minimum atomic E-state index is -0.225. The highest BCUT2D eigenvalue weighted by atomic mass is 16.3. The van der Waals surface area contributed by atoms with E-state index >= 15 is 0 Å². The predicted molar refractivity (Wildman–Crippen MR) is 64.1 cm³/mol. The van der Waals surface area contributed by atoms with Gasteiger partial charge in [0.2, 0.25) is 5.91 Å². The van der Waals surface area contributed by atoms with Gasteiger partial charge in [0.1, 0.15) is 0 Å². The number of aliphatic hydroxyl groups is 1. The van der Waals surface area contributed by atoms with Crippen molar-refractivity contribution in [1.29, 1.82) is 0 Å². The van der Waals surface area contributed by atoms with Crippen molar-refractivity contribution in [3.05, 3.63) is 0 Å². The van der Waals surface area contributed by atoms with Gasteiger partial charge in [-0.25, -0.2) is 0 Å². The fraction of sp³-hybridized carbons (Fsp3) is 0.917. The van der Waals surface area contributed by atoms with Crippen LogP contribution >= 0.6 is 0 Å². The molecule has 4 nitrogen and oxygen atoms in total. The van der Waals surface area contributed by atoms with Gasteiger partial charge in [0.05, 0.1) is 13.2 Å². The zero-order valence-electron chi connectivity index (χ0n) is 10.4. The Morgan fingerprint density at radius 2 is 2.06 bits per heavy atom. The zero-order chi connectivity index (χ0) is 12.0. The van der Waals surface area contributed by atoms with Gasteiger partial charge in [-0.05, 0) is 38.5 Å². The van der Waals surface area contributed by atoms with E-state index in [-0.39, 0.29) is 18.1 Å². The van der Waals surface area contributed by atoms with E-state index in [9.17, 15) is 9.90 Å². The van der Waals surface area contributed by atoms with Gasteiger partial charge in [0, 0.05) is 12.1 Å². The molecule has 1 saturated carbocycles. The van der Waals surface area contributed by atoms with Gasteiger partial charge in [0.25, 0.3) is 0 Å². The van der Waals surface area contributed by atoms with Crippen LogP contribution in [0.3, 0.4) is 0 Å². The van der Waals surface area contributed by atoms with Crippen molar-refractivity contribution in [2.75, 3.05) is 19.7 Å². The second-order valence-electron chi connectivity index (χ2n) is 4.93. The largest absolute Gasteiger partial charge is 0.394 e. The van der Waals surface area contributed by atoms with Crippen LogP contribution in [0, 0.1) is 5.92 Å².